The van der Waals surface area contributed by atoms with Crippen LogP contribution in [0.4, 0.5) is 0 Å². The fourth-order valence-corrected chi connectivity index (χ4v) is 4.56. The molecule has 1 aliphatic carbocycles. The van der Waals surface area contributed by atoms with E-state index in [1.54, 1.807) is 10.4 Å². The van der Waals surface area contributed by atoms with Crippen molar-refractivity contribution in [3.8, 4) is 0 Å². The number of aryl methyl sites for hydroxylation is 3. The molecular formula is C16H17BrS. The van der Waals surface area contributed by atoms with Crippen LogP contribution in [0.15, 0.2) is 30.3 Å². The molecular weight excluding hydrogens is 304 g/mol. The molecule has 0 saturated carbocycles. The van der Waals surface area contributed by atoms with Crippen LogP contribution >= 0.6 is 27.3 Å². The van der Waals surface area contributed by atoms with Gasteiger partial charge in [0.1, 0.15) is 0 Å². The first-order valence-corrected chi connectivity index (χ1v) is 8.26. The summed E-state index contributed by atoms with van der Waals surface area (Å²) < 4.78 is 0. The number of rotatable bonds is 3. The highest BCUT2D eigenvalue weighted by molar-refractivity contribution is 9.09. The van der Waals surface area contributed by atoms with E-state index in [4.69, 9.17) is 0 Å². The zero-order chi connectivity index (χ0) is 12.5. The maximum atomic E-state index is 3.85. The maximum Gasteiger partial charge on any atom is 0.0529 e. The Labute approximate surface area is 121 Å². The average molecular weight is 321 g/mol. The summed E-state index contributed by atoms with van der Waals surface area (Å²) in [5.41, 5.74) is 4.35. The minimum absolute atomic E-state index is 0.468. The van der Waals surface area contributed by atoms with Gasteiger partial charge >= 0.3 is 0 Å². The monoisotopic (exact) mass is 320 g/mol. The van der Waals surface area contributed by atoms with Crippen molar-refractivity contribution in [2.45, 2.75) is 37.4 Å². The molecule has 1 aromatic heterocycles. The number of alkyl halides is 1. The summed E-state index contributed by atoms with van der Waals surface area (Å²) in [5.74, 6) is 0. The highest BCUT2D eigenvalue weighted by Gasteiger charge is 2.18. The van der Waals surface area contributed by atoms with E-state index in [-0.39, 0.29) is 0 Å². The molecule has 0 nitrogen and oxygen atoms in total. The smallest absolute Gasteiger partial charge is 0.0529 e. The highest BCUT2D eigenvalue weighted by Crippen LogP contribution is 2.38. The Kier molecular flexibility index (Phi) is 3.58. The average Bonchev–Trinajstić information content (AvgIpc) is 2.92. The van der Waals surface area contributed by atoms with Gasteiger partial charge in [0, 0.05) is 9.75 Å². The van der Waals surface area contributed by atoms with Gasteiger partial charge in [-0.05, 0) is 49.8 Å². The Morgan fingerprint density at radius 2 is 2.00 bits per heavy atom. The highest BCUT2D eigenvalue weighted by atomic mass is 79.9. The Morgan fingerprint density at radius 1 is 1.22 bits per heavy atom. The first-order valence-electron chi connectivity index (χ1n) is 6.53. The first-order chi connectivity index (χ1) is 8.72. The third-order valence-corrected chi connectivity index (χ3v) is 6.08. The van der Waals surface area contributed by atoms with E-state index in [9.17, 15) is 0 Å². The third-order valence-electron chi connectivity index (χ3n) is 3.61. The number of halogens is 1. The van der Waals surface area contributed by atoms with Gasteiger partial charge in [0.05, 0.1) is 4.83 Å². The lowest BCUT2D eigenvalue weighted by Crippen LogP contribution is -1.93. The van der Waals surface area contributed by atoms with Gasteiger partial charge in [0.2, 0.25) is 0 Å². The molecule has 0 saturated heterocycles. The van der Waals surface area contributed by atoms with Crippen LogP contribution < -0.4 is 0 Å². The lowest BCUT2D eigenvalue weighted by molar-refractivity contribution is 0.909. The molecule has 1 unspecified atom stereocenters. The third kappa shape index (κ3) is 2.55. The number of benzene rings is 1. The van der Waals surface area contributed by atoms with E-state index in [0.29, 0.717) is 4.83 Å². The molecule has 0 aliphatic heterocycles. The van der Waals surface area contributed by atoms with Crippen molar-refractivity contribution >= 4 is 27.3 Å². The Bertz CT molecular complexity index is 517. The molecule has 0 N–H and O–H groups in total. The largest absolute Gasteiger partial charge is 0.144 e. The SMILES string of the molecule is Cc1ccc(CC(Br)c2cc3c(s2)CCC3)cc1. The number of thiophene rings is 1. The topological polar surface area (TPSA) is 0 Å². The number of fused-ring (bicyclic) bond motifs is 1. The molecule has 0 bridgehead atoms. The predicted molar refractivity (Wildman–Crippen MR) is 82.9 cm³/mol. The van der Waals surface area contributed by atoms with Gasteiger partial charge in [-0.25, -0.2) is 0 Å². The lowest BCUT2D eigenvalue weighted by Gasteiger charge is -2.08. The molecule has 18 heavy (non-hydrogen) atoms. The zero-order valence-electron chi connectivity index (χ0n) is 10.6. The van der Waals surface area contributed by atoms with E-state index in [1.807, 2.05) is 11.3 Å². The van der Waals surface area contributed by atoms with Crippen molar-refractivity contribution in [3.63, 3.8) is 0 Å². The van der Waals surface area contributed by atoms with Gasteiger partial charge in [-0.15, -0.1) is 11.3 Å². The van der Waals surface area contributed by atoms with Gasteiger partial charge in [0.15, 0.2) is 0 Å². The zero-order valence-corrected chi connectivity index (χ0v) is 13.0. The van der Waals surface area contributed by atoms with E-state index in [2.05, 4.69) is 53.2 Å². The molecule has 0 amide bonds. The molecule has 1 heterocycles. The molecule has 0 spiro atoms. The second-order valence-electron chi connectivity index (χ2n) is 5.11. The van der Waals surface area contributed by atoms with Crippen molar-refractivity contribution in [2.24, 2.45) is 0 Å². The molecule has 0 radical (unpaired) electrons. The van der Waals surface area contributed by atoms with Crippen molar-refractivity contribution < 1.29 is 0 Å². The minimum atomic E-state index is 0.468. The summed E-state index contributed by atoms with van der Waals surface area (Å²) in [5, 5.41) is 0. The van der Waals surface area contributed by atoms with Crippen LogP contribution in [0.1, 0.15) is 37.7 Å². The quantitative estimate of drug-likeness (QED) is 0.680. The Balaban J connectivity index is 1.74. The van der Waals surface area contributed by atoms with Crippen LogP contribution in [0, 0.1) is 6.92 Å². The minimum Gasteiger partial charge on any atom is -0.144 e. The van der Waals surface area contributed by atoms with Crippen LogP contribution in [0.2, 0.25) is 0 Å². The summed E-state index contributed by atoms with van der Waals surface area (Å²) >= 11 is 5.86. The van der Waals surface area contributed by atoms with Crippen LogP contribution in [-0.4, -0.2) is 0 Å². The molecule has 2 heteroatoms. The molecule has 1 atom stereocenters. The van der Waals surface area contributed by atoms with Crippen molar-refractivity contribution in [2.75, 3.05) is 0 Å². The lowest BCUT2D eigenvalue weighted by atomic mass is 10.1. The van der Waals surface area contributed by atoms with Crippen LogP contribution in [0.3, 0.4) is 0 Å². The summed E-state index contributed by atoms with van der Waals surface area (Å²) in [6, 6.07) is 11.3. The van der Waals surface area contributed by atoms with E-state index >= 15 is 0 Å². The van der Waals surface area contributed by atoms with Gasteiger partial charge in [0.25, 0.3) is 0 Å². The predicted octanol–water partition coefficient (Wildman–Crippen LogP) is 5.22. The van der Waals surface area contributed by atoms with Crippen LogP contribution in [0.5, 0.6) is 0 Å². The summed E-state index contributed by atoms with van der Waals surface area (Å²) in [7, 11) is 0. The molecule has 0 fully saturated rings. The van der Waals surface area contributed by atoms with Gasteiger partial charge in [-0.3, -0.25) is 0 Å². The van der Waals surface area contributed by atoms with E-state index < -0.39 is 0 Å². The Hall–Kier alpha value is -0.600. The maximum absolute atomic E-state index is 3.85. The molecule has 2 aromatic rings. The number of hydrogen-bond donors (Lipinski definition) is 0. The summed E-state index contributed by atoms with van der Waals surface area (Å²) in [6.07, 6.45) is 5.02. The van der Waals surface area contributed by atoms with Crippen LogP contribution in [-0.2, 0) is 19.3 Å². The van der Waals surface area contributed by atoms with Gasteiger partial charge in [-0.1, -0.05) is 45.8 Å². The molecule has 3 rings (SSSR count). The van der Waals surface area contributed by atoms with Gasteiger partial charge < -0.3 is 0 Å². The first kappa shape index (κ1) is 12.4. The number of hydrogen-bond acceptors (Lipinski definition) is 1. The normalized spacial score (nSPS) is 15.7. The second-order valence-corrected chi connectivity index (χ2v) is 7.38. The van der Waals surface area contributed by atoms with Crippen molar-refractivity contribution in [1.29, 1.82) is 0 Å². The second kappa shape index (κ2) is 5.18. The molecule has 1 aromatic carbocycles. The summed E-state index contributed by atoms with van der Waals surface area (Å²) in [6.45, 7) is 2.14. The fraction of sp³-hybridized carbons (Fsp3) is 0.375. The molecule has 94 valence electrons. The van der Waals surface area contributed by atoms with E-state index in [0.717, 1.165) is 6.42 Å². The van der Waals surface area contributed by atoms with Crippen molar-refractivity contribution in [1.82, 2.24) is 0 Å². The Morgan fingerprint density at radius 3 is 2.72 bits per heavy atom. The summed E-state index contributed by atoms with van der Waals surface area (Å²) in [4.78, 5) is 3.59. The van der Waals surface area contributed by atoms with Crippen LogP contribution in [0.25, 0.3) is 0 Å². The van der Waals surface area contributed by atoms with E-state index in [1.165, 1.54) is 35.3 Å². The standard InChI is InChI=1S/C16H17BrS/c1-11-5-7-12(8-6-11)9-14(17)16-10-13-3-2-4-15(13)18-16/h5-8,10,14H,2-4,9H2,1H3. The van der Waals surface area contributed by atoms with Crippen molar-refractivity contribution in [3.05, 3.63) is 56.8 Å². The van der Waals surface area contributed by atoms with Gasteiger partial charge in [-0.2, -0.15) is 0 Å². The fourth-order valence-electron chi connectivity index (χ4n) is 2.54. The molecule has 1 aliphatic rings.